The number of amides is 1. The number of methoxy groups -OCH3 is 1. The van der Waals surface area contributed by atoms with Gasteiger partial charge in [-0.1, -0.05) is 6.92 Å². The first kappa shape index (κ1) is 23.9. The second kappa shape index (κ2) is 10.6. The molecule has 0 aliphatic carbocycles. The minimum Gasteiger partial charge on any atom is -0.465 e. The SMILES string of the molecule is CCOC(=O)c1c(NC(=O)c2ccc(C(=O)OC)cc2)sc2c1CCN(CC)C2.Cl. The molecule has 1 N–H and O–H groups in total. The highest BCUT2D eigenvalue weighted by atomic mass is 35.5. The monoisotopic (exact) mass is 452 g/mol. The summed E-state index contributed by atoms with van der Waals surface area (Å²) in [6.45, 7) is 6.69. The Kier molecular flexibility index (Phi) is 8.40. The van der Waals surface area contributed by atoms with Crippen molar-refractivity contribution in [3.63, 3.8) is 0 Å². The van der Waals surface area contributed by atoms with E-state index in [-0.39, 0.29) is 24.9 Å². The first-order valence-corrected chi connectivity index (χ1v) is 10.3. The maximum absolute atomic E-state index is 12.7. The zero-order chi connectivity index (χ0) is 21.0. The highest BCUT2D eigenvalue weighted by molar-refractivity contribution is 7.17. The van der Waals surface area contributed by atoms with Gasteiger partial charge in [-0.05, 0) is 49.7 Å². The molecule has 30 heavy (non-hydrogen) atoms. The molecule has 3 rings (SSSR count). The lowest BCUT2D eigenvalue weighted by Crippen LogP contribution is -2.30. The number of ether oxygens (including phenoxy) is 2. The Labute approximate surface area is 185 Å². The zero-order valence-electron chi connectivity index (χ0n) is 17.1. The number of thiophene rings is 1. The molecule has 9 heteroatoms. The van der Waals surface area contributed by atoms with Crippen molar-refractivity contribution in [2.45, 2.75) is 26.8 Å². The number of benzene rings is 1. The van der Waals surface area contributed by atoms with Crippen molar-refractivity contribution < 1.29 is 23.9 Å². The third-order valence-corrected chi connectivity index (χ3v) is 5.99. The van der Waals surface area contributed by atoms with Crippen LogP contribution in [-0.4, -0.2) is 49.6 Å². The summed E-state index contributed by atoms with van der Waals surface area (Å²) in [6.07, 6.45) is 0.748. The van der Waals surface area contributed by atoms with Crippen LogP contribution in [0.5, 0.6) is 0 Å². The lowest BCUT2D eigenvalue weighted by molar-refractivity contribution is 0.0525. The van der Waals surface area contributed by atoms with Crippen LogP contribution in [0.3, 0.4) is 0 Å². The Hall–Kier alpha value is -2.42. The number of carbonyl (C=O) groups is 3. The fourth-order valence-corrected chi connectivity index (χ4v) is 4.56. The third-order valence-electron chi connectivity index (χ3n) is 4.86. The molecule has 0 bridgehead atoms. The Morgan fingerprint density at radius 1 is 1.10 bits per heavy atom. The van der Waals surface area contributed by atoms with E-state index in [4.69, 9.17) is 4.74 Å². The van der Waals surface area contributed by atoms with Gasteiger partial charge in [0, 0.05) is 23.5 Å². The van der Waals surface area contributed by atoms with Gasteiger partial charge in [-0.2, -0.15) is 0 Å². The van der Waals surface area contributed by atoms with Gasteiger partial charge in [-0.3, -0.25) is 9.69 Å². The van der Waals surface area contributed by atoms with E-state index in [1.54, 1.807) is 19.1 Å². The van der Waals surface area contributed by atoms with Crippen LogP contribution in [-0.2, 0) is 22.4 Å². The van der Waals surface area contributed by atoms with Crippen LogP contribution in [0.2, 0.25) is 0 Å². The number of anilines is 1. The molecule has 2 aromatic rings. The number of likely N-dealkylation sites (N-methyl/N-ethyl adjacent to an activating group) is 1. The second-order valence-electron chi connectivity index (χ2n) is 6.57. The Morgan fingerprint density at radius 2 is 1.77 bits per heavy atom. The molecule has 1 aliphatic heterocycles. The molecule has 2 heterocycles. The van der Waals surface area contributed by atoms with E-state index in [9.17, 15) is 14.4 Å². The number of carbonyl (C=O) groups excluding carboxylic acids is 3. The normalized spacial score (nSPS) is 13.0. The summed E-state index contributed by atoms with van der Waals surface area (Å²) in [6, 6.07) is 6.17. The number of esters is 2. The minimum atomic E-state index is -0.465. The average molecular weight is 453 g/mol. The van der Waals surface area contributed by atoms with Crippen molar-refractivity contribution >= 4 is 46.6 Å². The fourth-order valence-electron chi connectivity index (χ4n) is 3.28. The molecule has 0 saturated heterocycles. The number of nitrogens with one attached hydrogen (secondary N) is 1. The smallest absolute Gasteiger partial charge is 0.341 e. The summed E-state index contributed by atoms with van der Waals surface area (Å²) in [5, 5.41) is 3.37. The predicted octanol–water partition coefficient (Wildman–Crippen LogP) is 3.76. The van der Waals surface area contributed by atoms with E-state index in [2.05, 4.69) is 21.9 Å². The first-order chi connectivity index (χ1) is 14.0. The highest BCUT2D eigenvalue weighted by Gasteiger charge is 2.29. The molecular formula is C21H25ClN2O5S. The minimum absolute atomic E-state index is 0. The molecule has 1 aromatic carbocycles. The van der Waals surface area contributed by atoms with Gasteiger partial charge < -0.3 is 14.8 Å². The van der Waals surface area contributed by atoms with Gasteiger partial charge in [0.05, 0.1) is 24.8 Å². The zero-order valence-corrected chi connectivity index (χ0v) is 18.8. The lowest BCUT2D eigenvalue weighted by atomic mass is 10.0. The van der Waals surface area contributed by atoms with Crippen LogP contribution in [0.1, 0.15) is 55.4 Å². The molecule has 162 valence electrons. The Bertz CT molecular complexity index is 926. The molecule has 0 unspecified atom stereocenters. The molecule has 0 fully saturated rings. The molecule has 0 atom stereocenters. The maximum atomic E-state index is 12.7. The lowest BCUT2D eigenvalue weighted by Gasteiger charge is -2.25. The average Bonchev–Trinajstić information content (AvgIpc) is 3.10. The highest BCUT2D eigenvalue weighted by Crippen LogP contribution is 2.37. The number of hydrogen-bond acceptors (Lipinski definition) is 7. The largest absolute Gasteiger partial charge is 0.465 e. The third kappa shape index (κ3) is 5.00. The summed E-state index contributed by atoms with van der Waals surface area (Å²) in [4.78, 5) is 40.3. The van der Waals surface area contributed by atoms with E-state index in [1.165, 1.54) is 30.6 Å². The maximum Gasteiger partial charge on any atom is 0.341 e. The van der Waals surface area contributed by atoms with E-state index in [0.717, 1.165) is 36.5 Å². The van der Waals surface area contributed by atoms with Gasteiger partial charge in [0.25, 0.3) is 5.91 Å². The van der Waals surface area contributed by atoms with Crippen LogP contribution in [0, 0.1) is 0 Å². The molecule has 0 radical (unpaired) electrons. The van der Waals surface area contributed by atoms with Crippen LogP contribution >= 0.6 is 23.7 Å². The summed E-state index contributed by atoms with van der Waals surface area (Å²) < 4.78 is 9.91. The van der Waals surface area contributed by atoms with Gasteiger partial charge >= 0.3 is 11.9 Å². The Balaban J connectivity index is 0.00000320. The van der Waals surface area contributed by atoms with Gasteiger partial charge in [0.1, 0.15) is 5.00 Å². The van der Waals surface area contributed by atoms with Crippen molar-refractivity contribution in [3.8, 4) is 0 Å². The summed E-state index contributed by atoms with van der Waals surface area (Å²) >= 11 is 1.42. The molecule has 1 aliphatic rings. The number of halogens is 1. The summed E-state index contributed by atoms with van der Waals surface area (Å²) in [7, 11) is 1.30. The number of nitrogens with zero attached hydrogens (tertiary/aromatic N) is 1. The van der Waals surface area contributed by atoms with E-state index in [1.807, 2.05) is 0 Å². The van der Waals surface area contributed by atoms with Crippen LogP contribution < -0.4 is 5.32 Å². The standard InChI is InChI=1S/C21H24N2O5S.ClH/c1-4-23-11-10-15-16(12-23)29-19(17(15)21(26)28-5-2)22-18(24)13-6-8-14(9-7-13)20(25)27-3;/h6-9H,4-5,10-12H2,1-3H3,(H,22,24);1H. The second-order valence-corrected chi connectivity index (χ2v) is 7.68. The van der Waals surface area contributed by atoms with Gasteiger partial charge in [-0.25, -0.2) is 9.59 Å². The van der Waals surface area contributed by atoms with Crippen molar-refractivity contribution in [1.82, 2.24) is 4.90 Å². The van der Waals surface area contributed by atoms with Crippen LogP contribution in [0.15, 0.2) is 24.3 Å². The molecule has 7 nitrogen and oxygen atoms in total. The topological polar surface area (TPSA) is 84.9 Å². The van der Waals surface area contributed by atoms with Crippen molar-refractivity contribution in [1.29, 1.82) is 0 Å². The Morgan fingerprint density at radius 3 is 2.37 bits per heavy atom. The van der Waals surface area contributed by atoms with Crippen molar-refractivity contribution in [3.05, 3.63) is 51.4 Å². The van der Waals surface area contributed by atoms with E-state index in [0.29, 0.717) is 21.7 Å². The van der Waals surface area contributed by atoms with Crippen LogP contribution in [0.4, 0.5) is 5.00 Å². The number of hydrogen-bond donors (Lipinski definition) is 1. The quantitative estimate of drug-likeness (QED) is 0.671. The predicted molar refractivity (Wildman–Crippen MR) is 118 cm³/mol. The van der Waals surface area contributed by atoms with E-state index < -0.39 is 11.9 Å². The number of rotatable bonds is 6. The van der Waals surface area contributed by atoms with Crippen molar-refractivity contribution in [2.24, 2.45) is 0 Å². The van der Waals surface area contributed by atoms with Gasteiger partial charge in [-0.15, -0.1) is 23.7 Å². The summed E-state index contributed by atoms with van der Waals surface area (Å²) in [5.41, 5.74) is 2.17. The van der Waals surface area contributed by atoms with Gasteiger partial charge in [0.15, 0.2) is 0 Å². The van der Waals surface area contributed by atoms with E-state index >= 15 is 0 Å². The molecule has 1 amide bonds. The van der Waals surface area contributed by atoms with Gasteiger partial charge in [0.2, 0.25) is 0 Å². The molecule has 0 saturated carbocycles. The fraction of sp³-hybridized carbons (Fsp3) is 0.381. The number of fused-ring (bicyclic) bond motifs is 1. The van der Waals surface area contributed by atoms with Crippen molar-refractivity contribution in [2.75, 3.05) is 32.1 Å². The molecular weight excluding hydrogens is 428 g/mol. The molecule has 1 aromatic heterocycles. The first-order valence-electron chi connectivity index (χ1n) is 9.52. The summed E-state index contributed by atoms with van der Waals surface area (Å²) in [5.74, 6) is -1.22. The van der Waals surface area contributed by atoms with Crippen LogP contribution in [0.25, 0.3) is 0 Å². The molecule has 0 spiro atoms.